The molecular weight excluding hydrogens is 639 g/mol. The van der Waals surface area contributed by atoms with Crippen molar-refractivity contribution in [2.24, 2.45) is 5.73 Å². The van der Waals surface area contributed by atoms with Crippen LogP contribution in [0, 0.1) is 10.7 Å². The van der Waals surface area contributed by atoms with Crippen LogP contribution in [0.4, 0.5) is 0 Å². The van der Waals surface area contributed by atoms with Crippen LogP contribution in [0.25, 0.3) is 0 Å². The van der Waals surface area contributed by atoms with E-state index < -0.39 is 0 Å². The molecule has 0 saturated carbocycles. The Morgan fingerprint density at radius 2 is 1.61 bits per heavy atom. The smallest absolute Gasteiger partial charge is 0.373 e. The van der Waals surface area contributed by atoms with Crippen molar-refractivity contribution in [2.45, 2.75) is 6.42 Å². The number of benzene rings is 2. The van der Waals surface area contributed by atoms with E-state index in [9.17, 15) is 5.11 Å². The van der Waals surface area contributed by atoms with Gasteiger partial charge in [-0.2, -0.15) is 9.59 Å². The minimum Gasteiger partial charge on any atom is -0.507 e. The monoisotopic (exact) mass is 651 g/mol. The average molecular weight is 651 g/mol. The lowest BCUT2D eigenvalue weighted by Crippen LogP contribution is -2.03. The molecule has 0 amide bonds. The standard InChI is InChI=1S/C14H12I3NO2.CO2/c15-10-7-9(1-2-13(10)19)20-14-11(16)5-8(3-4-18)6-12(14)17;2-1-3/h1-2,5-7,19H,3-4,18H2;. The molecule has 0 aromatic heterocycles. The molecule has 0 saturated heterocycles. The highest BCUT2D eigenvalue weighted by Crippen LogP contribution is 2.34. The van der Waals surface area contributed by atoms with Gasteiger partial charge in [0.05, 0.1) is 10.7 Å². The van der Waals surface area contributed by atoms with Crippen LogP contribution in [-0.4, -0.2) is 17.8 Å². The van der Waals surface area contributed by atoms with Crippen molar-refractivity contribution in [3.05, 3.63) is 46.6 Å². The molecule has 0 aliphatic rings. The van der Waals surface area contributed by atoms with Gasteiger partial charge in [0.15, 0.2) is 5.75 Å². The van der Waals surface area contributed by atoms with Crippen LogP contribution < -0.4 is 10.5 Å². The second kappa shape index (κ2) is 10.4. The first kappa shape index (κ1) is 20.6. The summed E-state index contributed by atoms with van der Waals surface area (Å²) in [5.74, 6) is 1.82. The number of halogens is 3. The molecule has 3 N–H and O–H groups in total. The third-order valence-electron chi connectivity index (χ3n) is 2.63. The van der Waals surface area contributed by atoms with Crippen molar-refractivity contribution in [1.82, 2.24) is 0 Å². The van der Waals surface area contributed by atoms with Gasteiger partial charge in [-0.25, -0.2) is 0 Å². The summed E-state index contributed by atoms with van der Waals surface area (Å²) in [5, 5.41) is 9.54. The molecule has 23 heavy (non-hydrogen) atoms. The summed E-state index contributed by atoms with van der Waals surface area (Å²) in [6.07, 6.45) is 1.11. The lowest BCUT2D eigenvalue weighted by atomic mass is 10.1. The first-order chi connectivity index (χ1) is 10.9. The summed E-state index contributed by atoms with van der Waals surface area (Å²) in [5.41, 5.74) is 6.81. The Kier molecular flexibility index (Phi) is 9.36. The van der Waals surface area contributed by atoms with Crippen molar-refractivity contribution >= 4 is 73.9 Å². The Bertz CT molecular complexity index is 693. The lowest BCUT2D eigenvalue weighted by Gasteiger charge is -2.12. The summed E-state index contributed by atoms with van der Waals surface area (Å²) < 4.78 is 8.83. The van der Waals surface area contributed by atoms with Gasteiger partial charge in [-0.05, 0) is 117 Å². The van der Waals surface area contributed by atoms with Crippen molar-refractivity contribution < 1.29 is 19.4 Å². The molecule has 8 heteroatoms. The van der Waals surface area contributed by atoms with Crippen molar-refractivity contribution in [3.63, 3.8) is 0 Å². The summed E-state index contributed by atoms with van der Waals surface area (Å²) in [7, 11) is 0. The largest absolute Gasteiger partial charge is 0.507 e. The second-order valence-electron chi connectivity index (χ2n) is 4.23. The number of ether oxygens (including phenoxy) is 1. The zero-order valence-electron chi connectivity index (χ0n) is 11.7. The summed E-state index contributed by atoms with van der Waals surface area (Å²) >= 11 is 6.62. The fourth-order valence-corrected chi connectivity index (χ4v) is 4.29. The molecule has 122 valence electrons. The van der Waals surface area contributed by atoms with Gasteiger partial charge in [0.2, 0.25) is 0 Å². The van der Waals surface area contributed by atoms with E-state index in [0.717, 1.165) is 28.6 Å². The normalized spacial score (nSPS) is 9.57. The average Bonchev–Trinajstić information content (AvgIpc) is 2.48. The Morgan fingerprint density at radius 3 is 2.09 bits per heavy atom. The lowest BCUT2D eigenvalue weighted by molar-refractivity contribution is -0.191. The highest BCUT2D eigenvalue weighted by molar-refractivity contribution is 14.1. The van der Waals surface area contributed by atoms with Gasteiger partial charge in [0.1, 0.15) is 11.5 Å². The van der Waals surface area contributed by atoms with Gasteiger partial charge < -0.3 is 15.6 Å². The Balaban J connectivity index is 0.000000816. The zero-order chi connectivity index (χ0) is 17.4. The number of rotatable bonds is 4. The molecule has 0 unspecified atom stereocenters. The third-order valence-corrected chi connectivity index (χ3v) is 5.10. The van der Waals surface area contributed by atoms with Crippen molar-refractivity contribution in [1.29, 1.82) is 0 Å². The second-order valence-corrected chi connectivity index (χ2v) is 7.71. The van der Waals surface area contributed by atoms with Gasteiger partial charge >= 0.3 is 6.15 Å². The van der Waals surface area contributed by atoms with Crippen LogP contribution in [0.5, 0.6) is 17.2 Å². The number of hydrogen-bond acceptors (Lipinski definition) is 5. The van der Waals surface area contributed by atoms with Gasteiger partial charge in [0.25, 0.3) is 0 Å². The zero-order valence-corrected chi connectivity index (χ0v) is 18.2. The van der Waals surface area contributed by atoms with Crippen LogP contribution in [0.3, 0.4) is 0 Å². The maximum atomic E-state index is 9.54. The Morgan fingerprint density at radius 1 is 1.04 bits per heavy atom. The van der Waals surface area contributed by atoms with E-state index in [1.165, 1.54) is 5.56 Å². The van der Waals surface area contributed by atoms with Crippen LogP contribution in [0.15, 0.2) is 30.3 Å². The minimum atomic E-state index is 0.250. The van der Waals surface area contributed by atoms with E-state index in [1.54, 1.807) is 12.1 Å². The first-order valence-corrected chi connectivity index (χ1v) is 9.50. The Labute approximate surface area is 174 Å². The van der Waals surface area contributed by atoms with Crippen LogP contribution in [-0.2, 0) is 16.0 Å². The van der Waals surface area contributed by atoms with E-state index in [4.69, 9.17) is 20.1 Å². The van der Waals surface area contributed by atoms with Crippen LogP contribution in [0.1, 0.15) is 5.56 Å². The number of hydrogen-bond donors (Lipinski definition) is 2. The molecule has 5 nitrogen and oxygen atoms in total. The van der Waals surface area contributed by atoms with Crippen LogP contribution >= 0.6 is 67.8 Å². The SMILES string of the molecule is NCCc1cc(I)c(Oc2ccc(O)c(I)c2)c(I)c1.O=C=O. The van der Waals surface area contributed by atoms with Crippen molar-refractivity contribution in [3.8, 4) is 17.2 Å². The third kappa shape index (κ3) is 6.53. The number of phenols is 1. The van der Waals surface area contributed by atoms with Gasteiger partial charge in [-0.3, -0.25) is 0 Å². The van der Waals surface area contributed by atoms with Gasteiger partial charge in [0, 0.05) is 0 Å². The first-order valence-electron chi connectivity index (χ1n) is 6.26. The van der Waals surface area contributed by atoms with Gasteiger partial charge in [-0.1, -0.05) is 0 Å². The quantitative estimate of drug-likeness (QED) is 0.490. The fourth-order valence-electron chi connectivity index (χ4n) is 1.69. The summed E-state index contributed by atoms with van der Waals surface area (Å²) in [6.45, 7) is 0.641. The minimum absolute atomic E-state index is 0.250. The molecule has 0 spiro atoms. The molecule has 2 rings (SSSR count). The van der Waals surface area contributed by atoms with Gasteiger partial charge in [-0.15, -0.1) is 0 Å². The van der Waals surface area contributed by atoms with E-state index in [0.29, 0.717) is 6.54 Å². The van der Waals surface area contributed by atoms with Crippen molar-refractivity contribution in [2.75, 3.05) is 6.54 Å². The molecule has 0 fully saturated rings. The molecule has 0 heterocycles. The van der Waals surface area contributed by atoms with E-state index in [1.807, 2.05) is 6.07 Å². The maximum absolute atomic E-state index is 9.54. The fraction of sp³-hybridized carbons (Fsp3) is 0.133. The Hall–Kier alpha value is -0.430. The predicted octanol–water partition coefficient (Wildman–Crippen LogP) is 3.92. The molecule has 0 radical (unpaired) electrons. The number of aromatic hydroxyl groups is 1. The van der Waals surface area contributed by atoms with E-state index in [2.05, 4.69) is 79.9 Å². The summed E-state index contributed by atoms with van der Waals surface area (Å²) in [6, 6.07) is 9.40. The van der Waals surface area contributed by atoms with E-state index >= 15 is 0 Å². The molecular formula is C15H12I3NO4. The topological polar surface area (TPSA) is 89.6 Å². The molecule has 0 aliphatic carbocycles. The number of carbonyl (C=O) groups excluding carboxylic acids is 2. The highest BCUT2D eigenvalue weighted by Gasteiger charge is 2.11. The maximum Gasteiger partial charge on any atom is 0.373 e. The molecule has 0 aliphatic heterocycles. The molecule has 0 bridgehead atoms. The molecule has 2 aromatic carbocycles. The summed E-state index contributed by atoms with van der Waals surface area (Å²) in [4.78, 5) is 16.2. The highest BCUT2D eigenvalue weighted by atomic mass is 127. The number of phenolic OH excluding ortho intramolecular Hbond substituents is 1. The predicted molar refractivity (Wildman–Crippen MR) is 111 cm³/mol. The van der Waals surface area contributed by atoms with E-state index in [-0.39, 0.29) is 11.9 Å². The number of nitrogens with two attached hydrogens (primary N) is 1. The molecule has 2 aromatic rings. The molecule has 0 atom stereocenters. The van der Waals surface area contributed by atoms with Crippen LogP contribution in [0.2, 0.25) is 0 Å².